The van der Waals surface area contributed by atoms with Gasteiger partial charge in [0.2, 0.25) is 5.91 Å². The minimum Gasteiger partial charge on any atom is -0.392 e. The van der Waals surface area contributed by atoms with Crippen molar-refractivity contribution in [2.24, 2.45) is 0 Å². The summed E-state index contributed by atoms with van der Waals surface area (Å²) >= 11 is 0. The molecule has 1 aliphatic rings. The van der Waals surface area contributed by atoms with Gasteiger partial charge in [0, 0.05) is 6.54 Å². The fourth-order valence-electron chi connectivity index (χ4n) is 2.39. The van der Waals surface area contributed by atoms with Crippen LogP contribution >= 0.6 is 0 Å². The van der Waals surface area contributed by atoms with Crippen molar-refractivity contribution in [1.82, 2.24) is 10.6 Å². The summed E-state index contributed by atoms with van der Waals surface area (Å²) in [5, 5.41) is 15.3. The van der Waals surface area contributed by atoms with E-state index in [0.717, 1.165) is 36.9 Å². The number of nitrogens with one attached hydrogen (secondary N) is 2. The van der Waals surface area contributed by atoms with Gasteiger partial charge in [-0.25, -0.2) is 0 Å². The van der Waals surface area contributed by atoms with Gasteiger partial charge in [0.05, 0.1) is 12.1 Å². The first kappa shape index (κ1) is 14.0. The summed E-state index contributed by atoms with van der Waals surface area (Å²) in [5.74, 6) is 0.0680. The highest BCUT2D eigenvalue weighted by Crippen LogP contribution is 2.18. The lowest BCUT2D eigenvalue weighted by atomic mass is 9.90. The van der Waals surface area contributed by atoms with E-state index in [1.54, 1.807) is 0 Å². The van der Waals surface area contributed by atoms with Gasteiger partial charge in [-0.05, 0) is 43.9 Å². The average molecular weight is 262 g/mol. The molecule has 1 heterocycles. The summed E-state index contributed by atoms with van der Waals surface area (Å²) in [6.45, 7) is 3.46. The van der Waals surface area contributed by atoms with E-state index < -0.39 is 5.54 Å². The van der Waals surface area contributed by atoms with Crippen LogP contribution in [-0.2, 0) is 17.9 Å². The first-order valence-electron chi connectivity index (χ1n) is 6.86. The second kappa shape index (κ2) is 6.17. The highest BCUT2D eigenvalue weighted by molar-refractivity contribution is 5.85. The lowest BCUT2D eigenvalue weighted by Gasteiger charge is -2.33. The minimum absolute atomic E-state index is 0.0502. The fourth-order valence-corrected chi connectivity index (χ4v) is 2.39. The molecular formula is C15H22N2O2. The molecule has 1 unspecified atom stereocenters. The summed E-state index contributed by atoms with van der Waals surface area (Å²) in [7, 11) is 0. The zero-order valence-corrected chi connectivity index (χ0v) is 11.4. The summed E-state index contributed by atoms with van der Waals surface area (Å²) in [6.07, 6.45) is 3.13. The van der Waals surface area contributed by atoms with E-state index in [2.05, 4.69) is 10.6 Å². The first-order chi connectivity index (χ1) is 9.14. The van der Waals surface area contributed by atoms with E-state index in [-0.39, 0.29) is 12.5 Å². The van der Waals surface area contributed by atoms with E-state index >= 15 is 0 Å². The van der Waals surface area contributed by atoms with Gasteiger partial charge in [-0.3, -0.25) is 4.79 Å². The Bertz CT molecular complexity index is 422. The van der Waals surface area contributed by atoms with E-state index in [4.69, 9.17) is 5.11 Å². The van der Waals surface area contributed by atoms with E-state index in [1.807, 2.05) is 31.2 Å². The Morgan fingerprint density at radius 3 is 2.58 bits per heavy atom. The summed E-state index contributed by atoms with van der Waals surface area (Å²) < 4.78 is 0. The molecule has 3 N–H and O–H groups in total. The monoisotopic (exact) mass is 262 g/mol. The fraction of sp³-hybridized carbons (Fsp3) is 0.533. The number of rotatable bonds is 4. The van der Waals surface area contributed by atoms with Crippen LogP contribution in [0.3, 0.4) is 0 Å². The van der Waals surface area contributed by atoms with E-state index in [1.165, 1.54) is 0 Å². The quantitative estimate of drug-likeness (QED) is 0.767. The number of hydrogen-bond acceptors (Lipinski definition) is 3. The molecule has 0 aromatic heterocycles. The number of hydrogen-bond donors (Lipinski definition) is 3. The van der Waals surface area contributed by atoms with Gasteiger partial charge >= 0.3 is 0 Å². The van der Waals surface area contributed by atoms with Crippen LogP contribution in [0.4, 0.5) is 0 Å². The molecule has 1 saturated heterocycles. The van der Waals surface area contributed by atoms with Crippen LogP contribution in [0.1, 0.15) is 37.3 Å². The van der Waals surface area contributed by atoms with Crippen molar-refractivity contribution in [3.63, 3.8) is 0 Å². The van der Waals surface area contributed by atoms with Crippen LogP contribution in [0.15, 0.2) is 24.3 Å². The molecule has 2 rings (SSSR count). The van der Waals surface area contributed by atoms with Crippen molar-refractivity contribution < 1.29 is 9.90 Å². The molecule has 1 atom stereocenters. The van der Waals surface area contributed by atoms with Gasteiger partial charge in [-0.15, -0.1) is 0 Å². The SMILES string of the molecule is CC1(C(=O)NCc2ccc(CO)cc2)CCCCN1. The standard InChI is InChI=1S/C15H22N2O2/c1-15(8-2-3-9-17-15)14(19)16-10-12-4-6-13(11-18)7-5-12/h4-7,17-18H,2-3,8-11H2,1H3,(H,16,19). The molecule has 1 aromatic carbocycles. The molecule has 0 aliphatic carbocycles. The topological polar surface area (TPSA) is 61.4 Å². The summed E-state index contributed by atoms with van der Waals surface area (Å²) in [5.41, 5.74) is 1.50. The van der Waals surface area contributed by atoms with Gasteiger partial charge in [-0.2, -0.15) is 0 Å². The molecule has 104 valence electrons. The Balaban J connectivity index is 1.88. The smallest absolute Gasteiger partial charge is 0.240 e. The molecule has 4 nitrogen and oxygen atoms in total. The maximum Gasteiger partial charge on any atom is 0.240 e. The molecule has 19 heavy (non-hydrogen) atoms. The van der Waals surface area contributed by atoms with Crippen LogP contribution < -0.4 is 10.6 Å². The molecule has 0 spiro atoms. The number of piperidine rings is 1. The summed E-state index contributed by atoms with van der Waals surface area (Å²) in [4.78, 5) is 12.2. The zero-order chi connectivity index (χ0) is 13.7. The Morgan fingerprint density at radius 1 is 1.32 bits per heavy atom. The highest BCUT2D eigenvalue weighted by Gasteiger charge is 2.33. The van der Waals surface area contributed by atoms with Crippen molar-refractivity contribution in [3.8, 4) is 0 Å². The third-order valence-corrected chi connectivity index (χ3v) is 3.78. The maximum atomic E-state index is 12.2. The van der Waals surface area contributed by atoms with Gasteiger partial charge in [-0.1, -0.05) is 24.3 Å². The normalized spacial score (nSPS) is 23.1. The number of aliphatic hydroxyl groups is 1. The molecule has 1 amide bonds. The molecule has 0 bridgehead atoms. The zero-order valence-electron chi connectivity index (χ0n) is 11.4. The van der Waals surface area contributed by atoms with Crippen molar-refractivity contribution in [1.29, 1.82) is 0 Å². The van der Waals surface area contributed by atoms with Crippen molar-refractivity contribution in [2.45, 2.75) is 44.9 Å². The van der Waals surface area contributed by atoms with E-state index in [9.17, 15) is 4.79 Å². The molecule has 1 aromatic rings. The summed E-state index contributed by atoms with van der Waals surface area (Å²) in [6, 6.07) is 7.62. The number of benzene rings is 1. The molecule has 0 radical (unpaired) electrons. The average Bonchev–Trinajstić information content (AvgIpc) is 2.46. The number of carbonyl (C=O) groups excluding carboxylic acids is 1. The Labute approximate surface area is 114 Å². The Kier molecular flexibility index (Phi) is 4.56. The molecule has 1 fully saturated rings. The molecule has 1 aliphatic heterocycles. The number of aliphatic hydroxyl groups excluding tert-OH is 1. The first-order valence-corrected chi connectivity index (χ1v) is 6.86. The second-order valence-electron chi connectivity index (χ2n) is 5.37. The van der Waals surface area contributed by atoms with Gasteiger partial charge in [0.25, 0.3) is 0 Å². The Hall–Kier alpha value is -1.39. The van der Waals surface area contributed by atoms with Crippen LogP contribution in [-0.4, -0.2) is 23.1 Å². The van der Waals surface area contributed by atoms with Crippen LogP contribution in [0.2, 0.25) is 0 Å². The predicted octanol–water partition coefficient (Wildman–Crippen LogP) is 1.33. The number of carbonyl (C=O) groups is 1. The number of amides is 1. The third-order valence-electron chi connectivity index (χ3n) is 3.78. The Morgan fingerprint density at radius 2 is 2.00 bits per heavy atom. The largest absolute Gasteiger partial charge is 0.392 e. The van der Waals surface area contributed by atoms with Crippen molar-refractivity contribution in [3.05, 3.63) is 35.4 Å². The van der Waals surface area contributed by atoms with Gasteiger partial charge < -0.3 is 15.7 Å². The molecule has 0 saturated carbocycles. The van der Waals surface area contributed by atoms with Crippen molar-refractivity contribution >= 4 is 5.91 Å². The van der Waals surface area contributed by atoms with Crippen molar-refractivity contribution in [2.75, 3.05) is 6.54 Å². The predicted molar refractivity (Wildman–Crippen MR) is 74.5 cm³/mol. The lowest BCUT2D eigenvalue weighted by molar-refractivity contribution is -0.128. The lowest BCUT2D eigenvalue weighted by Crippen LogP contribution is -2.56. The molecule has 4 heteroatoms. The third kappa shape index (κ3) is 3.55. The van der Waals surface area contributed by atoms with Crippen LogP contribution in [0.25, 0.3) is 0 Å². The van der Waals surface area contributed by atoms with Crippen LogP contribution in [0.5, 0.6) is 0 Å². The van der Waals surface area contributed by atoms with Gasteiger partial charge in [0.1, 0.15) is 0 Å². The molecular weight excluding hydrogens is 240 g/mol. The van der Waals surface area contributed by atoms with Gasteiger partial charge in [0.15, 0.2) is 0 Å². The highest BCUT2D eigenvalue weighted by atomic mass is 16.3. The van der Waals surface area contributed by atoms with E-state index in [0.29, 0.717) is 6.54 Å². The maximum absolute atomic E-state index is 12.2. The van der Waals surface area contributed by atoms with Crippen LogP contribution in [0, 0.1) is 0 Å². The minimum atomic E-state index is -0.427. The second-order valence-corrected chi connectivity index (χ2v) is 5.37.